The number of aromatic nitrogens is 3. The van der Waals surface area contributed by atoms with Gasteiger partial charge in [-0.3, -0.25) is 5.10 Å². The summed E-state index contributed by atoms with van der Waals surface area (Å²) < 4.78 is 5.14. The van der Waals surface area contributed by atoms with Crippen molar-refractivity contribution in [3.8, 4) is 16.2 Å². The fraction of sp³-hybridized carbons (Fsp3) is 0.105. The second-order valence-electron chi connectivity index (χ2n) is 5.86. The summed E-state index contributed by atoms with van der Waals surface area (Å²) in [6, 6.07) is 13.2. The van der Waals surface area contributed by atoms with Gasteiger partial charge in [0.15, 0.2) is 5.13 Å². The Kier molecular flexibility index (Phi) is 4.47. The largest absolute Gasteiger partial charge is 0.497 e. The molecule has 0 aliphatic carbocycles. The highest BCUT2D eigenvalue weighted by Gasteiger charge is 2.20. The minimum absolute atomic E-state index is 0.209. The van der Waals surface area contributed by atoms with Gasteiger partial charge in [0.05, 0.1) is 30.2 Å². The third-order valence-corrected chi connectivity index (χ3v) is 5.25. The number of fused-ring (bicyclic) bond motifs is 1. The molecule has 8 heteroatoms. The molecule has 0 aliphatic rings. The van der Waals surface area contributed by atoms with Crippen molar-refractivity contribution in [3.05, 3.63) is 60.4 Å². The summed E-state index contributed by atoms with van der Waals surface area (Å²) >= 11 is 1.33. The van der Waals surface area contributed by atoms with Gasteiger partial charge >= 0.3 is 6.09 Å². The number of thiazole rings is 1. The summed E-state index contributed by atoms with van der Waals surface area (Å²) in [6.07, 6.45) is 2.40. The minimum Gasteiger partial charge on any atom is -0.497 e. The number of carbonyl (C=O) groups is 1. The number of nitrogens with zero attached hydrogens (tertiary/aromatic N) is 3. The average molecular weight is 380 g/mol. The lowest BCUT2D eigenvalue weighted by atomic mass is 10.1. The van der Waals surface area contributed by atoms with E-state index in [9.17, 15) is 9.90 Å². The summed E-state index contributed by atoms with van der Waals surface area (Å²) in [5, 5.41) is 18.1. The number of nitrogens with one attached hydrogen (secondary N) is 1. The Balaban J connectivity index is 1.64. The Hall–Kier alpha value is -3.39. The summed E-state index contributed by atoms with van der Waals surface area (Å²) in [5.41, 5.74) is 2.71. The number of methoxy groups -OCH3 is 1. The van der Waals surface area contributed by atoms with Gasteiger partial charge in [-0.1, -0.05) is 41.7 Å². The number of hydrogen-bond acceptors (Lipinski definition) is 5. The van der Waals surface area contributed by atoms with E-state index in [-0.39, 0.29) is 6.54 Å². The lowest BCUT2D eigenvalue weighted by Crippen LogP contribution is -2.28. The van der Waals surface area contributed by atoms with Crippen LogP contribution in [0.3, 0.4) is 0 Å². The van der Waals surface area contributed by atoms with Crippen molar-refractivity contribution in [1.82, 2.24) is 15.2 Å². The molecule has 4 aromatic rings. The first kappa shape index (κ1) is 17.0. The molecule has 2 aromatic carbocycles. The third-order valence-electron chi connectivity index (χ3n) is 4.20. The van der Waals surface area contributed by atoms with Crippen LogP contribution in [0.25, 0.3) is 21.3 Å². The van der Waals surface area contributed by atoms with E-state index in [1.807, 2.05) is 42.5 Å². The quantitative estimate of drug-likeness (QED) is 0.536. The smallest absolute Gasteiger partial charge is 0.413 e. The third kappa shape index (κ3) is 3.34. The van der Waals surface area contributed by atoms with Crippen LogP contribution in [-0.4, -0.2) is 33.5 Å². The Morgan fingerprint density at radius 1 is 1.22 bits per heavy atom. The van der Waals surface area contributed by atoms with Crippen LogP contribution in [0.2, 0.25) is 0 Å². The average Bonchev–Trinajstić information content (AvgIpc) is 3.35. The normalized spacial score (nSPS) is 10.9. The van der Waals surface area contributed by atoms with Crippen LogP contribution in [0.1, 0.15) is 5.56 Å². The Bertz CT molecular complexity index is 1090. The second kappa shape index (κ2) is 7.08. The van der Waals surface area contributed by atoms with Gasteiger partial charge in [-0.05, 0) is 17.7 Å². The van der Waals surface area contributed by atoms with Crippen LogP contribution < -0.4 is 9.64 Å². The minimum atomic E-state index is -1.05. The molecule has 136 valence electrons. The number of rotatable bonds is 5. The van der Waals surface area contributed by atoms with Crippen LogP contribution in [0.5, 0.6) is 5.75 Å². The molecular formula is C19H16N4O3S. The van der Waals surface area contributed by atoms with Crippen molar-refractivity contribution in [3.63, 3.8) is 0 Å². The topological polar surface area (TPSA) is 91.3 Å². The zero-order chi connectivity index (χ0) is 18.8. The molecule has 0 saturated heterocycles. The predicted octanol–water partition coefficient (Wildman–Crippen LogP) is 4.38. The molecule has 0 atom stereocenters. The van der Waals surface area contributed by atoms with E-state index in [1.165, 1.54) is 16.2 Å². The van der Waals surface area contributed by atoms with Gasteiger partial charge in [-0.2, -0.15) is 5.10 Å². The van der Waals surface area contributed by atoms with E-state index in [2.05, 4.69) is 15.2 Å². The molecule has 2 heterocycles. The van der Waals surface area contributed by atoms with E-state index < -0.39 is 6.09 Å². The first-order valence-corrected chi connectivity index (χ1v) is 8.99. The van der Waals surface area contributed by atoms with Crippen LogP contribution >= 0.6 is 11.3 Å². The Labute approximate surface area is 158 Å². The number of anilines is 1. The van der Waals surface area contributed by atoms with Crippen LogP contribution in [0.15, 0.2) is 54.9 Å². The molecule has 27 heavy (non-hydrogen) atoms. The van der Waals surface area contributed by atoms with Gasteiger partial charge in [0.1, 0.15) is 5.75 Å². The van der Waals surface area contributed by atoms with Gasteiger partial charge in [-0.15, -0.1) is 0 Å². The molecule has 2 N–H and O–H groups in total. The molecule has 4 rings (SSSR count). The summed E-state index contributed by atoms with van der Waals surface area (Å²) in [6.45, 7) is 0.209. The molecule has 0 aliphatic heterocycles. The predicted molar refractivity (Wildman–Crippen MR) is 104 cm³/mol. The van der Waals surface area contributed by atoms with Crippen LogP contribution in [0, 0.1) is 0 Å². The van der Waals surface area contributed by atoms with Gasteiger partial charge in [-0.25, -0.2) is 14.7 Å². The monoisotopic (exact) mass is 380 g/mol. The van der Waals surface area contributed by atoms with Gasteiger partial charge in [0, 0.05) is 17.1 Å². The SMILES string of the molecule is COc1ccc(CN(C(=O)O)c2ncc(-c3cccc4cn[nH]c34)s2)cc1. The number of ether oxygens (including phenoxy) is 1. The molecule has 0 fully saturated rings. The number of hydrogen-bond donors (Lipinski definition) is 2. The fourth-order valence-electron chi connectivity index (χ4n) is 2.82. The van der Waals surface area contributed by atoms with E-state index in [0.717, 1.165) is 32.7 Å². The fourth-order valence-corrected chi connectivity index (χ4v) is 3.76. The van der Waals surface area contributed by atoms with Crippen molar-refractivity contribution in [2.75, 3.05) is 12.0 Å². The zero-order valence-electron chi connectivity index (χ0n) is 14.4. The molecule has 0 unspecified atom stereocenters. The number of para-hydroxylation sites is 1. The van der Waals surface area contributed by atoms with Crippen molar-refractivity contribution < 1.29 is 14.6 Å². The van der Waals surface area contributed by atoms with Crippen LogP contribution in [-0.2, 0) is 6.54 Å². The summed E-state index contributed by atoms with van der Waals surface area (Å²) in [7, 11) is 1.59. The number of benzene rings is 2. The highest BCUT2D eigenvalue weighted by atomic mass is 32.1. The van der Waals surface area contributed by atoms with E-state index in [1.54, 1.807) is 19.5 Å². The molecule has 7 nitrogen and oxygen atoms in total. The molecule has 0 bridgehead atoms. The van der Waals surface area contributed by atoms with E-state index in [0.29, 0.717) is 5.13 Å². The number of amides is 1. The first-order valence-electron chi connectivity index (χ1n) is 8.17. The summed E-state index contributed by atoms with van der Waals surface area (Å²) in [4.78, 5) is 18.3. The van der Waals surface area contributed by atoms with E-state index in [4.69, 9.17) is 4.74 Å². The van der Waals surface area contributed by atoms with Crippen LogP contribution in [0.4, 0.5) is 9.93 Å². The van der Waals surface area contributed by atoms with Crippen molar-refractivity contribution >= 4 is 33.5 Å². The maximum atomic E-state index is 11.8. The highest BCUT2D eigenvalue weighted by molar-refractivity contribution is 7.19. The summed E-state index contributed by atoms with van der Waals surface area (Å²) in [5.74, 6) is 0.727. The van der Waals surface area contributed by atoms with Gasteiger partial charge in [0.2, 0.25) is 0 Å². The maximum absolute atomic E-state index is 11.8. The number of aromatic amines is 1. The highest BCUT2D eigenvalue weighted by Crippen LogP contribution is 2.35. The molecule has 0 radical (unpaired) electrons. The van der Waals surface area contributed by atoms with Gasteiger partial charge < -0.3 is 9.84 Å². The molecule has 2 aromatic heterocycles. The van der Waals surface area contributed by atoms with Crippen molar-refractivity contribution in [1.29, 1.82) is 0 Å². The Morgan fingerprint density at radius 3 is 2.78 bits per heavy atom. The first-order chi connectivity index (χ1) is 13.2. The Morgan fingerprint density at radius 2 is 2.04 bits per heavy atom. The maximum Gasteiger partial charge on any atom is 0.413 e. The lowest BCUT2D eigenvalue weighted by Gasteiger charge is -2.16. The van der Waals surface area contributed by atoms with Crippen molar-refractivity contribution in [2.45, 2.75) is 6.54 Å². The molecular weight excluding hydrogens is 364 g/mol. The lowest BCUT2D eigenvalue weighted by molar-refractivity contribution is 0.201. The second-order valence-corrected chi connectivity index (χ2v) is 6.87. The number of H-pyrrole nitrogens is 1. The van der Waals surface area contributed by atoms with Crippen molar-refractivity contribution in [2.24, 2.45) is 0 Å². The molecule has 0 saturated carbocycles. The zero-order valence-corrected chi connectivity index (χ0v) is 15.2. The van der Waals surface area contributed by atoms with Gasteiger partial charge in [0.25, 0.3) is 0 Å². The van der Waals surface area contributed by atoms with E-state index >= 15 is 0 Å². The molecule has 0 spiro atoms. The standard InChI is InChI=1S/C19H16N4O3S/c1-26-14-7-5-12(6-8-14)11-23(19(24)25)18-20-10-16(27-18)15-4-2-3-13-9-21-22-17(13)15/h2-10H,11H2,1H3,(H,21,22)(H,24,25). The number of carboxylic acid groups (broad SMARTS) is 1. The molecule has 1 amide bonds.